The van der Waals surface area contributed by atoms with E-state index in [1.807, 2.05) is 0 Å². The van der Waals surface area contributed by atoms with E-state index >= 15 is 0 Å². The van der Waals surface area contributed by atoms with Crippen molar-refractivity contribution in [3.05, 3.63) is 28.3 Å². The van der Waals surface area contributed by atoms with Gasteiger partial charge in [0, 0.05) is 6.54 Å². The summed E-state index contributed by atoms with van der Waals surface area (Å²) >= 11 is 0. The summed E-state index contributed by atoms with van der Waals surface area (Å²) in [7, 11) is 2.56. The van der Waals surface area contributed by atoms with Crippen LogP contribution in [0.1, 0.15) is 0 Å². The number of methoxy groups -OCH3 is 2. The van der Waals surface area contributed by atoms with Gasteiger partial charge in [-0.1, -0.05) is 0 Å². The molecule has 1 aromatic rings. The van der Waals surface area contributed by atoms with Crippen LogP contribution in [-0.2, 0) is 9.53 Å². The number of nitrogens with two attached hydrogens (primary N) is 1. The smallest absolute Gasteiger partial charge is 0.348 e. The molecule has 0 bridgehead atoms. The van der Waals surface area contributed by atoms with Crippen LogP contribution in [0.15, 0.2) is 18.2 Å². The van der Waals surface area contributed by atoms with Gasteiger partial charge in [0.2, 0.25) is 6.10 Å². The van der Waals surface area contributed by atoms with Crippen LogP contribution in [0.25, 0.3) is 0 Å². The zero-order chi connectivity index (χ0) is 14.4. The predicted molar refractivity (Wildman–Crippen MR) is 65.1 cm³/mol. The SMILES string of the molecule is COC(=O)C(CN)Oc1ccc(OC)cc1[N+](=O)[O-]. The molecule has 1 rings (SSSR count). The summed E-state index contributed by atoms with van der Waals surface area (Å²) in [5.41, 5.74) is 5.04. The molecule has 0 amide bonds. The van der Waals surface area contributed by atoms with Gasteiger partial charge >= 0.3 is 11.7 Å². The lowest BCUT2D eigenvalue weighted by molar-refractivity contribution is -0.386. The van der Waals surface area contributed by atoms with Crippen LogP contribution in [0.3, 0.4) is 0 Å². The van der Waals surface area contributed by atoms with Gasteiger partial charge in [-0.2, -0.15) is 0 Å². The molecular weight excluding hydrogens is 256 g/mol. The molecule has 0 aliphatic heterocycles. The van der Waals surface area contributed by atoms with E-state index in [2.05, 4.69) is 4.74 Å². The molecule has 104 valence electrons. The Kier molecular flexibility index (Phi) is 5.07. The van der Waals surface area contributed by atoms with E-state index in [0.29, 0.717) is 5.75 Å². The van der Waals surface area contributed by atoms with Gasteiger partial charge < -0.3 is 19.9 Å². The van der Waals surface area contributed by atoms with Crippen LogP contribution in [0, 0.1) is 10.1 Å². The second-order valence-electron chi connectivity index (χ2n) is 3.46. The van der Waals surface area contributed by atoms with E-state index < -0.39 is 17.0 Å². The minimum atomic E-state index is -1.10. The Balaban J connectivity index is 3.05. The van der Waals surface area contributed by atoms with Crippen LogP contribution in [0.2, 0.25) is 0 Å². The van der Waals surface area contributed by atoms with Gasteiger partial charge in [-0.15, -0.1) is 0 Å². The van der Waals surface area contributed by atoms with Gasteiger partial charge in [-0.3, -0.25) is 10.1 Å². The van der Waals surface area contributed by atoms with Crippen molar-refractivity contribution in [2.45, 2.75) is 6.10 Å². The molecule has 0 radical (unpaired) electrons. The van der Waals surface area contributed by atoms with Crippen LogP contribution in [0.4, 0.5) is 5.69 Å². The Morgan fingerprint density at radius 1 is 1.47 bits per heavy atom. The van der Waals surface area contributed by atoms with E-state index in [-0.39, 0.29) is 18.0 Å². The molecule has 0 spiro atoms. The fraction of sp³-hybridized carbons (Fsp3) is 0.364. The first-order chi connectivity index (χ1) is 9.03. The molecule has 0 aromatic heterocycles. The maximum absolute atomic E-state index is 11.3. The number of nitro groups is 1. The van der Waals surface area contributed by atoms with Crippen molar-refractivity contribution in [1.29, 1.82) is 0 Å². The molecule has 8 nitrogen and oxygen atoms in total. The van der Waals surface area contributed by atoms with Crippen molar-refractivity contribution in [3.8, 4) is 11.5 Å². The average Bonchev–Trinajstić information content (AvgIpc) is 2.43. The second-order valence-corrected chi connectivity index (χ2v) is 3.46. The van der Waals surface area contributed by atoms with Crippen LogP contribution in [0.5, 0.6) is 11.5 Å². The van der Waals surface area contributed by atoms with Crippen molar-refractivity contribution in [2.75, 3.05) is 20.8 Å². The number of carbonyl (C=O) groups excluding carboxylic acids is 1. The fourth-order valence-electron chi connectivity index (χ4n) is 1.34. The average molecular weight is 270 g/mol. The second kappa shape index (κ2) is 6.55. The highest BCUT2D eigenvalue weighted by Crippen LogP contribution is 2.31. The molecular formula is C11H14N2O6. The standard InChI is InChI=1S/C11H14N2O6/c1-17-7-3-4-9(8(5-7)13(15)16)19-10(6-12)11(14)18-2/h3-5,10H,6,12H2,1-2H3. The number of hydrogen-bond donors (Lipinski definition) is 1. The van der Waals surface area contributed by atoms with E-state index in [1.54, 1.807) is 0 Å². The normalized spacial score (nSPS) is 11.5. The number of rotatable bonds is 6. The van der Waals surface area contributed by atoms with Crippen LogP contribution >= 0.6 is 0 Å². The molecule has 0 aliphatic carbocycles. The molecule has 1 atom stereocenters. The van der Waals surface area contributed by atoms with Crippen molar-refractivity contribution in [2.24, 2.45) is 5.73 Å². The third kappa shape index (κ3) is 3.55. The number of nitrogens with zero attached hydrogens (tertiary/aromatic N) is 1. The lowest BCUT2D eigenvalue weighted by Gasteiger charge is -2.15. The molecule has 0 aliphatic rings. The zero-order valence-electron chi connectivity index (χ0n) is 10.5. The Labute approximate surface area is 109 Å². The predicted octanol–water partition coefficient (Wildman–Crippen LogP) is 0.482. The Hall–Kier alpha value is -2.35. The van der Waals surface area contributed by atoms with Gasteiger partial charge in [0.15, 0.2) is 5.75 Å². The topological polar surface area (TPSA) is 114 Å². The maximum atomic E-state index is 11.3. The first-order valence-electron chi connectivity index (χ1n) is 5.30. The zero-order valence-corrected chi connectivity index (χ0v) is 10.5. The minimum absolute atomic E-state index is 0.0772. The number of ether oxygens (including phenoxy) is 3. The van der Waals surface area contributed by atoms with Crippen molar-refractivity contribution in [3.63, 3.8) is 0 Å². The third-order valence-corrected chi connectivity index (χ3v) is 2.31. The van der Waals surface area contributed by atoms with Gasteiger partial charge in [-0.05, 0) is 12.1 Å². The van der Waals surface area contributed by atoms with Crippen LogP contribution in [-0.4, -0.2) is 37.8 Å². The number of carbonyl (C=O) groups is 1. The largest absolute Gasteiger partial charge is 0.496 e. The highest BCUT2D eigenvalue weighted by atomic mass is 16.6. The van der Waals surface area contributed by atoms with Crippen molar-refractivity contribution in [1.82, 2.24) is 0 Å². The summed E-state index contributed by atoms with van der Waals surface area (Å²) in [5, 5.41) is 10.9. The van der Waals surface area contributed by atoms with Crippen molar-refractivity contribution >= 4 is 11.7 Å². The highest BCUT2D eigenvalue weighted by Gasteiger charge is 2.24. The summed E-state index contributed by atoms with van der Waals surface area (Å²) in [5.74, 6) is -0.472. The molecule has 1 aromatic carbocycles. The summed E-state index contributed by atoms with van der Waals surface area (Å²) < 4.78 is 14.6. The van der Waals surface area contributed by atoms with Gasteiger partial charge in [0.25, 0.3) is 0 Å². The molecule has 0 saturated carbocycles. The highest BCUT2D eigenvalue weighted by molar-refractivity contribution is 5.75. The Morgan fingerprint density at radius 3 is 2.63 bits per heavy atom. The monoisotopic (exact) mass is 270 g/mol. The fourth-order valence-corrected chi connectivity index (χ4v) is 1.34. The molecule has 0 fully saturated rings. The first kappa shape index (κ1) is 14.7. The molecule has 0 heterocycles. The maximum Gasteiger partial charge on any atom is 0.348 e. The number of hydrogen-bond acceptors (Lipinski definition) is 7. The number of nitro benzene ring substituents is 1. The van der Waals surface area contributed by atoms with E-state index in [4.69, 9.17) is 15.2 Å². The quantitative estimate of drug-likeness (QED) is 0.454. The summed E-state index contributed by atoms with van der Waals surface area (Å²) in [4.78, 5) is 21.6. The minimum Gasteiger partial charge on any atom is -0.496 e. The summed E-state index contributed by atoms with van der Waals surface area (Å²) in [6, 6.07) is 4.01. The summed E-state index contributed by atoms with van der Waals surface area (Å²) in [6.45, 7) is -0.157. The lowest BCUT2D eigenvalue weighted by Crippen LogP contribution is -2.36. The van der Waals surface area contributed by atoms with Gasteiger partial charge in [0.05, 0.1) is 25.2 Å². The third-order valence-electron chi connectivity index (χ3n) is 2.31. The van der Waals surface area contributed by atoms with Gasteiger partial charge in [0.1, 0.15) is 5.75 Å². The molecule has 8 heteroatoms. The van der Waals surface area contributed by atoms with E-state index in [0.717, 1.165) is 0 Å². The summed E-state index contributed by atoms with van der Waals surface area (Å²) in [6.07, 6.45) is -1.10. The number of esters is 1. The molecule has 2 N–H and O–H groups in total. The first-order valence-corrected chi connectivity index (χ1v) is 5.30. The van der Waals surface area contributed by atoms with E-state index in [9.17, 15) is 14.9 Å². The van der Waals surface area contributed by atoms with Gasteiger partial charge in [-0.25, -0.2) is 4.79 Å². The molecule has 0 saturated heterocycles. The van der Waals surface area contributed by atoms with E-state index in [1.165, 1.54) is 32.4 Å². The molecule has 19 heavy (non-hydrogen) atoms. The lowest BCUT2D eigenvalue weighted by atomic mass is 10.2. The van der Waals surface area contributed by atoms with Crippen LogP contribution < -0.4 is 15.2 Å². The Bertz CT molecular complexity index is 476. The Morgan fingerprint density at radius 2 is 2.16 bits per heavy atom. The molecule has 1 unspecified atom stereocenters. The number of benzene rings is 1. The van der Waals surface area contributed by atoms with Crippen molar-refractivity contribution < 1.29 is 23.9 Å².